The van der Waals surface area contributed by atoms with Crippen LogP contribution in [0.25, 0.3) is 0 Å². The third-order valence-corrected chi connectivity index (χ3v) is 4.04. The van der Waals surface area contributed by atoms with Gasteiger partial charge in [-0.25, -0.2) is 8.42 Å². The van der Waals surface area contributed by atoms with Gasteiger partial charge in [0.15, 0.2) is 5.82 Å². The van der Waals surface area contributed by atoms with Crippen molar-refractivity contribution in [2.24, 2.45) is 0 Å². The molecular weight excluding hydrogens is 286 g/mol. The van der Waals surface area contributed by atoms with Crippen molar-refractivity contribution in [3.8, 4) is 0 Å². The van der Waals surface area contributed by atoms with Crippen LogP contribution >= 0.6 is 0 Å². The second-order valence-electron chi connectivity index (χ2n) is 4.54. The molecule has 0 aliphatic carbocycles. The van der Waals surface area contributed by atoms with Crippen molar-refractivity contribution in [1.82, 2.24) is 10.5 Å². The lowest BCUT2D eigenvalue weighted by Gasteiger charge is -2.10. The molecule has 0 radical (unpaired) electrons. The molecule has 1 aliphatic rings. The lowest BCUT2D eigenvalue weighted by molar-refractivity contribution is -0.129. The number of rotatable bonds is 6. The van der Waals surface area contributed by atoms with Gasteiger partial charge in [-0.1, -0.05) is 5.16 Å². The van der Waals surface area contributed by atoms with Gasteiger partial charge >= 0.3 is 0 Å². The first-order chi connectivity index (χ1) is 9.46. The molecular formula is C11H17N3O5S. The van der Waals surface area contributed by atoms with Gasteiger partial charge in [0.2, 0.25) is 15.9 Å². The number of sulfonamides is 1. The highest BCUT2D eigenvalue weighted by molar-refractivity contribution is 7.92. The zero-order chi connectivity index (χ0) is 14.6. The summed E-state index contributed by atoms with van der Waals surface area (Å²) in [5.41, 5.74) is 0. The van der Waals surface area contributed by atoms with E-state index in [1.807, 2.05) is 0 Å². The molecule has 1 aromatic rings. The van der Waals surface area contributed by atoms with Crippen LogP contribution in [-0.2, 0) is 19.6 Å². The number of amides is 1. The van der Waals surface area contributed by atoms with E-state index in [9.17, 15) is 13.2 Å². The van der Waals surface area contributed by atoms with E-state index in [-0.39, 0.29) is 24.0 Å². The second-order valence-corrected chi connectivity index (χ2v) is 6.38. The number of carbonyl (C=O) groups excluding carboxylic acids is 1. The Hall–Kier alpha value is -1.61. The molecule has 1 amide bonds. The molecule has 0 aromatic carbocycles. The minimum absolute atomic E-state index is 0.0187. The van der Waals surface area contributed by atoms with E-state index in [2.05, 4.69) is 15.2 Å². The second kappa shape index (κ2) is 6.23. The molecule has 2 N–H and O–H groups in total. The summed E-state index contributed by atoms with van der Waals surface area (Å²) in [5.74, 6) is 0.134. The smallest absolute Gasteiger partial charge is 0.249 e. The fourth-order valence-corrected chi connectivity index (χ4v) is 2.72. The number of hydrogen-bond donors (Lipinski definition) is 2. The van der Waals surface area contributed by atoms with Gasteiger partial charge in [-0.15, -0.1) is 0 Å². The molecule has 0 bridgehead atoms. The summed E-state index contributed by atoms with van der Waals surface area (Å²) in [7, 11) is -3.57. The van der Waals surface area contributed by atoms with Crippen LogP contribution in [0.2, 0.25) is 0 Å². The Labute approximate surface area is 116 Å². The van der Waals surface area contributed by atoms with E-state index in [0.29, 0.717) is 18.8 Å². The number of nitrogens with one attached hydrogen (secondary N) is 2. The summed E-state index contributed by atoms with van der Waals surface area (Å²) in [6.07, 6.45) is 1.07. The Morgan fingerprint density at radius 3 is 2.95 bits per heavy atom. The average Bonchev–Trinajstić information content (AvgIpc) is 3.00. The largest absolute Gasteiger partial charge is 0.368 e. The van der Waals surface area contributed by atoms with Crippen molar-refractivity contribution < 1.29 is 22.5 Å². The molecule has 1 aromatic heterocycles. The Morgan fingerprint density at radius 2 is 2.35 bits per heavy atom. The number of aromatic nitrogens is 1. The Morgan fingerprint density at radius 1 is 1.55 bits per heavy atom. The van der Waals surface area contributed by atoms with Crippen molar-refractivity contribution in [3.05, 3.63) is 11.8 Å². The summed E-state index contributed by atoms with van der Waals surface area (Å²) < 4.78 is 35.7. The van der Waals surface area contributed by atoms with Crippen LogP contribution < -0.4 is 10.0 Å². The van der Waals surface area contributed by atoms with Gasteiger partial charge in [-0.05, 0) is 19.8 Å². The van der Waals surface area contributed by atoms with Gasteiger partial charge in [-0.2, -0.15) is 0 Å². The molecule has 1 unspecified atom stereocenters. The zero-order valence-corrected chi connectivity index (χ0v) is 11.9. The van der Waals surface area contributed by atoms with E-state index in [4.69, 9.17) is 9.26 Å². The predicted molar refractivity (Wildman–Crippen MR) is 70.6 cm³/mol. The molecule has 2 heterocycles. The molecule has 1 atom stereocenters. The van der Waals surface area contributed by atoms with Crippen molar-refractivity contribution in [2.45, 2.75) is 25.9 Å². The maximum absolute atomic E-state index is 11.7. The zero-order valence-electron chi connectivity index (χ0n) is 11.1. The number of carbonyl (C=O) groups is 1. The summed E-state index contributed by atoms with van der Waals surface area (Å²) in [6.45, 7) is 2.25. The van der Waals surface area contributed by atoms with Crippen molar-refractivity contribution in [1.29, 1.82) is 0 Å². The van der Waals surface area contributed by atoms with E-state index in [0.717, 1.165) is 6.42 Å². The Kier molecular flexibility index (Phi) is 4.61. The van der Waals surface area contributed by atoms with Crippen molar-refractivity contribution >= 4 is 21.7 Å². The van der Waals surface area contributed by atoms with Gasteiger partial charge < -0.3 is 14.6 Å². The third-order valence-electron chi connectivity index (χ3n) is 2.78. The number of nitrogens with zero attached hydrogens (tertiary/aromatic N) is 1. The van der Waals surface area contributed by atoms with E-state index >= 15 is 0 Å². The van der Waals surface area contributed by atoms with Crippen LogP contribution in [0.3, 0.4) is 0 Å². The molecule has 0 saturated carbocycles. The normalized spacial score (nSPS) is 18.9. The maximum Gasteiger partial charge on any atom is 0.249 e. The third kappa shape index (κ3) is 4.20. The first kappa shape index (κ1) is 14.8. The summed E-state index contributed by atoms with van der Waals surface area (Å²) in [4.78, 5) is 11.6. The highest BCUT2D eigenvalue weighted by Crippen LogP contribution is 2.12. The quantitative estimate of drug-likeness (QED) is 0.766. The van der Waals surface area contributed by atoms with E-state index < -0.39 is 16.1 Å². The molecule has 9 heteroatoms. The van der Waals surface area contributed by atoms with Crippen molar-refractivity contribution in [3.63, 3.8) is 0 Å². The minimum atomic E-state index is -3.57. The monoisotopic (exact) mass is 303 g/mol. The topological polar surface area (TPSA) is 111 Å². The van der Waals surface area contributed by atoms with Gasteiger partial charge in [-0.3, -0.25) is 9.52 Å². The highest BCUT2D eigenvalue weighted by atomic mass is 32.2. The van der Waals surface area contributed by atoms with Gasteiger partial charge in [0, 0.05) is 19.2 Å². The molecule has 0 spiro atoms. The molecule has 1 fully saturated rings. The number of hydrogen-bond acceptors (Lipinski definition) is 6. The van der Waals surface area contributed by atoms with E-state index in [1.54, 1.807) is 6.92 Å². The minimum Gasteiger partial charge on any atom is -0.368 e. The maximum atomic E-state index is 11.7. The Balaban J connectivity index is 1.76. The first-order valence-corrected chi connectivity index (χ1v) is 7.95. The highest BCUT2D eigenvalue weighted by Gasteiger charge is 2.23. The SMILES string of the molecule is Cc1cc(NS(=O)(=O)CCNC(=O)C2CCCO2)no1. The van der Waals surface area contributed by atoms with Crippen LogP contribution in [0.5, 0.6) is 0 Å². The predicted octanol–water partition coefficient (Wildman–Crippen LogP) is 0.0199. The van der Waals surface area contributed by atoms with Crippen LogP contribution in [0.1, 0.15) is 18.6 Å². The first-order valence-electron chi connectivity index (χ1n) is 6.29. The van der Waals surface area contributed by atoms with E-state index in [1.165, 1.54) is 6.07 Å². The number of anilines is 1. The van der Waals surface area contributed by atoms with Gasteiger partial charge in [0.05, 0.1) is 5.75 Å². The lowest BCUT2D eigenvalue weighted by Crippen LogP contribution is -2.37. The molecule has 1 saturated heterocycles. The molecule has 8 nitrogen and oxygen atoms in total. The van der Waals surface area contributed by atoms with Gasteiger partial charge in [0.1, 0.15) is 11.9 Å². The van der Waals surface area contributed by atoms with Crippen LogP contribution in [0, 0.1) is 6.92 Å². The van der Waals surface area contributed by atoms with Crippen LogP contribution in [0.4, 0.5) is 5.82 Å². The molecule has 20 heavy (non-hydrogen) atoms. The van der Waals surface area contributed by atoms with Gasteiger partial charge in [0.25, 0.3) is 0 Å². The van der Waals surface area contributed by atoms with Crippen LogP contribution in [-0.4, -0.2) is 44.5 Å². The summed E-state index contributed by atoms with van der Waals surface area (Å²) >= 11 is 0. The average molecular weight is 303 g/mol. The fraction of sp³-hybridized carbons (Fsp3) is 0.636. The number of ether oxygens (including phenoxy) is 1. The fourth-order valence-electron chi connectivity index (χ4n) is 1.83. The Bertz CT molecular complexity index is 562. The summed E-state index contributed by atoms with van der Waals surface area (Å²) in [6, 6.07) is 1.47. The summed E-state index contributed by atoms with van der Waals surface area (Å²) in [5, 5.41) is 6.08. The standard InChI is InChI=1S/C11H17N3O5S/c1-8-7-10(13-19-8)14-20(16,17)6-4-12-11(15)9-3-2-5-18-9/h7,9H,2-6H2,1H3,(H,12,15)(H,13,14). The molecule has 1 aliphatic heterocycles. The number of aryl methyl sites for hydroxylation is 1. The molecule has 112 valence electrons. The van der Waals surface area contributed by atoms with Crippen molar-refractivity contribution in [2.75, 3.05) is 23.6 Å². The molecule has 2 rings (SSSR count). The van der Waals surface area contributed by atoms with Crippen LogP contribution in [0.15, 0.2) is 10.6 Å². The lowest BCUT2D eigenvalue weighted by atomic mass is 10.2.